The van der Waals surface area contributed by atoms with Crippen LogP contribution in [0.5, 0.6) is 0 Å². The van der Waals surface area contributed by atoms with Gasteiger partial charge in [-0.1, -0.05) is 0 Å². The fraction of sp³-hybridized carbons (Fsp3) is 0.583. The number of hydrazine groups is 1. The van der Waals surface area contributed by atoms with E-state index in [1.165, 1.54) is 0 Å². The fourth-order valence-electron chi connectivity index (χ4n) is 2.14. The number of nitrogens with zero attached hydrogens (tertiary/aromatic N) is 3. The van der Waals surface area contributed by atoms with E-state index in [2.05, 4.69) is 15.6 Å². The van der Waals surface area contributed by atoms with Crippen molar-refractivity contribution in [1.29, 1.82) is 0 Å². The topological polar surface area (TPSA) is 93.4 Å². The standard InChI is InChI=1S/C12H19N5O2/c1-17(7-9-3-2-6-19-8-9)12(18)10-4-5-11(14-13)16-15-10/h4-5,9H,2-3,6-8,13H2,1H3,(H,14,16). The number of rotatable bonds is 4. The molecule has 1 aliphatic rings. The summed E-state index contributed by atoms with van der Waals surface area (Å²) in [6.07, 6.45) is 2.16. The minimum Gasteiger partial charge on any atom is -0.381 e. The molecule has 0 radical (unpaired) electrons. The van der Waals surface area contributed by atoms with E-state index in [9.17, 15) is 4.79 Å². The third-order valence-corrected chi connectivity index (χ3v) is 3.16. The number of carbonyl (C=O) groups is 1. The first-order valence-electron chi connectivity index (χ1n) is 6.34. The summed E-state index contributed by atoms with van der Waals surface area (Å²) in [6.45, 7) is 2.23. The summed E-state index contributed by atoms with van der Waals surface area (Å²) < 4.78 is 5.41. The lowest BCUT2D eigenvalue weighted by atomic mass is 10.0. The lowest BCUT2D eigenvalue weighted by Crippen LogP contribution is -2.35. The van der Waals surface area contributed by atoms with Gasteiger partial charge in [-0.05, 0) is 30.9 Å². The smallest absolute Gasteiger partial charge is 0.274 e. The molecule has 104 valence electrons. The second kappa shape index (κ2) is 6.44. The van der Waals surface area contributed by atoms with E-state index in [0.717, 1.165) is 26.1 Å². The molecule has 19 heavy (non-hydrogen) atoms. The van der Waals surface area contributed by atoms with Crippen LogP contribution in [0, 0.1) is 5.92 Å². The van der Waals surface area contributed by atoms with Gasteiger partial charge in [-0.2, -0.15) is 0 Å². The Labute approximate surface area is 112 Å². The third-order valence-electron chi connectivity index (χ3n) is 3.16. The van der Waals surface area contributed by atoms with Gasteiger partial charge in [-0.3, -0.25) is 4.79 Å². The number of hydrogen-bond donors (Lipinski definition) is 2. The molecule has 2 rings (SSSR count). The van der Waals surface area contributed by atoms with Gasteiger partial charge < -0.3 is 15.1 Å². The van der Waals surface area contributed by atoms with E-state index in [1.54, 1.807) is 24.1 Å². The minimum absolute atomic E-state index is 0.137. The predicted molar refractivity (Wildman–Crippen MR) is 70.3 cm³/mol. The molecule has 1 aromatic heterocycles. The lowest BCUT2D eigenvalue weighted by Gasteiger charge is -2.26. The van der Waals surface area contributed by atoms with Crippen molar-refractivity contribution in [3.8, 4) is 0 Å². The van der Waals surface area contributed by atoms with Gasteiger partial charge in [-0.15, -0.1) is 10.2 Å². The number of aromatic nitrogens is 2. The monoisotopic (exact) mass is 265 g/mol. The van der Waals surface area contributed by atoms with Gasteiger partial charge in [0.2, 0.25) is 0 Å². The number of carbonyl (C=O) groups excluding carboxylic acids is 1. The molecular formula is C12H19N5O2. The van der Waals surface area contributed by atoms with Crippen molar-refractivity contribution < 1.29 is 9.53 Å². The van der Waals surface area contributed by atoms with Gasteiger partial charge in [0.25, 0.3) is 5.91 Å². The van der Waals surface area contributed by atoms with Crippen LogP contribution < -0.4 is 11.3 Å². The number of nitrogen functional groups attached to an aromatic ring is 1. The summed E-state index contributed by atoms with van der Waals surface area (Å²) in [6, 6.07) is 3.23. The zero-order valence-electron chi connectivity index (χ0n) is 11.0. The average Bonchev–Trinajstić information content (AvgIpc) is 2.47. The Bertz CT molecular complexity index is 417. The van der Waals surface area contributed by atoms with Crippen molar-refractivity contribution in [2.75, 3.05) is 32.2 Å². The van der Waals surface area contributed by atoms with Crippen LogP contribution in [0.4, 0.5) is 5.82 Å². The van der Waals surface area contributed by atoms with Crippen LogP contribution in [-0.4, -0.2) is 47.8 Å². The molecule has 0 aliphatic carbocycles. The van der Waals surface area contributed by atoms with Gasteiger partial charge >= 0.3 is 0 Å². The molecule has 1 amide bonds. The zero-order valence-corrected chi connectivity index (χ0v) is 11.0. The van der Waals surface area contributed by atoms with Crippen LogP contribution in [0.2, 0.25) is 0 Å². The molecular weight excluding hydrogens is 246 g/mol. The summed E-state index contributed by atoms with van der Waals surface area (Å²) in [7, 11) is 1.77. The van der Waals surface area contributed by atoms with E-state index < -0.39 is 0 Å². The molecule has 0 saturated carbocycles. The summed E-state index contributed by atoms with van der Waals surface area (Å²) in [4.78, 5) is 13.8. The molecule has 1 saturated heterocycles. The van der Waals surface area contributed by atoms with Crippen molar-refractivity contribution in [1.82, 2.24) is 15.1 Å². The Balaban J connectivity index is 1.93. The maximum Gasteiger partial charge on any atom is 0.274 e. The highest BCUT2D eigenvalue weighted by Crippen LogP contribution is 2.15. The molecule has 3 N–H and O–H groups in total. The fourth-order valence-corrected chi connectivity index (χ4v) is 2.14. The van der Waals surface area contributed by atoms with Crippen LogP contribution in [0.15, 0.2) is 12.1 Å². The first-order chi connectivity index (χ1) is 9.20. The van der Waals surface area contributed by atoms with E-state index in [1.807, 2.05) is 0 Å². The van der Waals surface area contributed by atoms with E-state index in [0.29, 0.717) is 24.0 Å². The molecule has 1 atom stereocenters. The number of nitrogens with two attached hydrogens (primary N) is 1. The molecule has 2 heterocycles. The predicted octanol–water partition coefficient (Wildman–Crippen LogP) is 0.261. The van der Waals surface area contributed by atoms with Gasteiger partial charge in [-0.25, -0.2) is 5.84 Å². The van der Waals surface area contributed by atoms with Gasteiger partial charge in [0, 0.05) is 20.2 Å². The molecule has 0 spiro atoms. The van der Waals surface area contributed by atoms with E-state index in [4.69, 9.17) is 10.6 Å². The van der Waals surface area contributed by atoms with Crippen LogP contribution in [0.25, 0.3) is 0 Å². The van der Waals surface area contributed by atoms with Crippen LogP contribution in [-0.2, 0) is 4.74 Å². The first kappa shape index (κ1) is 13.7. The summed E-state index contributed by atoms with van der Waals surface area (Å²) in [5, 5.41) is 7.64. The van der Waals surface area contributed by atoms with Crippen molar-refractivity contribution in [2.24, 2.45) is 11.8 Å². The lowest BCUT2D eigenvalue weighted by molar-refractivity contribution is 0.0386. The van der Waals surface area contributed by atoms with Crippen LogP contribution >= 0.6 is 0 Å². The van der Waals surface area contributed by atoms with E-state index >= 15 is 0 Å². The Morgan fingerprint density at radius 2 is 2.42 bits per heavy atom. The van der Waals surface area contributed by atoms with Crippen molar-refractivity contribution in [2.45, 2.75) is 12.8 Å². The second-order valence-electron chi connectivity index (χ2n) is 4.72. The Morgan fingerprint density at radius 3 is 3.00 bits per heavy atom. The number of amides is 1. The highest BCUT2D eigenvalue weighted by molar-refractivity contribution is 5.92. The zero-order chi connectivity index (χ0) is 13.7. The van der Waals surface area contributed by atoms with Gasteiger partial charge in [0.1, 0.15) is 0 Å². The minimum atomic E-state index is -0.137. The summed E-state index contributed by atoms with van der Waals surface area (Å²) >= 11 is 0. The first-order valence-corrected chi connectivity index (χ1v) is 6.34. The maximum atomic E-state index is 12.1. The SMILES string of the molecule is CN(CC1CCCOC1)C(=O)c1ccc(NN)nn1. The van der Waals surface area contributed by atoms with Gasteiger partial charge in [0.15, 0.2) is 11.5 Å². The Kier molecular flexibility index (Phi) is 4.64. The molecule has 1 unspecified atom stereocenters. The highest BCUT2D eigenvalue weighted by atomic mass is 16.5. The number of ether oxygens (including phenoxy) is 1. The quantitative estimate of drug-likeness (QED) is 0.599. The molecule has 1 aromatic rings. The molecule has 1 aliphatic heterocycles. The van der Waals surface area contributed by atoms with Crippen molar-refractivity contribution in [3.63, 3.8) is 0 Å². The average molecular weight is 265 g/mol. The molecule has 7 nitrogen and oxygen atoms in total. The normalized spacial score (nSPS) is 18.9. The Hall–Kier alpha value is -1.73. The second-order valence-corrected chi connectivity index (χ2v) is 4.72. The number of nitrogens with one attached hydrogen (secondary N) is 1. The van der Waals surface area contributed by atoms with Crippen molar-refractivity contribution >= 4 is 11.7 Å². The van der Waals surface area contributed by atoms with Crippen LogP contribution in [0.3, 0.4) is 0 Å². The van der Waals surface area contributed by atoms with Crippen LogP contribution in [0.1, 0.15) is 23.3 Å². The molecule has 7 heteroatoms. The Morgan fingerprint density at radius 1 is 1.58 bits per heavy atom. The molecule has 0 aromatic carbocycles. The number of hydrogen-bond acceptors (Lipinski definition) is 6. The highest BCUT2D eigenvalue weighted by Gasteiger charge is 2.20. The maximum absolute atomic E-state index is 12.1. The summed E-state index contributed by atoms with van der Waals surface area (Å²) in [5.41, 5.74) is 2.69. The largest absolute Gasteiger partial charge is 0.381 e. The van der Waals surface area contributed by atoms with Gasteiger partial charge in [0.05, 0.1) is 6.61 Å². The summed E-state index contributed by atoms with van der Waals surface area (Å²) in [5.74, 6) is 5.89. The van der Waals surface area contributed by atoms with E-state index in [-0.39, 0.29) is 5.91 Å². The van der Waals surface area contributed by atoms with Crippen molar-refractivity contribution in [3.05, 3.63) is 17.8 Å². The number of anilines is 1. The molecule has 0 bridgehead atoms. The molecule has 1 fully saturated rings. The third kappa shape index (κ3) is 3.62.